The van der Waals surface area contributed by atoms with Gasteiger partial charge in [-0.15, -0.1) is 4.72 Å². The number of carbonyl (C=O) groups is 2. The van der Waals surface area contributed by atoms with Crippen LogP contribution in [0.2, 0.25) is 5.02 Å². The second kappa shape index (κ2) is 14.0. The van der Waals surface area contributed by atoms with Crippen molar-refractivity contribution < 1.29 is 18.5 Å². The molecule has 3 atom stereocenters. The highest BCUT2D eigenvalue weighted by Crippen LogP contribution is 2.43. The Balaban J connectivity index is 1.47. The van der Waals surface area contributed by atoms with Gasteiger partial charge in [0, 0.05) is 28.6 Å². The van der Waals surface area contributed by atoms with Gasteiger partial charge in [0.1, 0.15) is 22.1 Å². The summed E-state index contributed by atoms with van der Waals surface area (Å²) in [6.07, 6.45) is 4.67. The van der Waals surface area contributed by atoms with Crippen molar-refractivity contribution in [2.75, 3.05) is 17.2 Å². The topological polar surface area (TPSA) is 120 Å². The molecule has 46 heavy (non-hydrogen) atoms. The molecule has 5 rings (SSSR count). The molecule has 242 valence electrons. The highest BCUT2D eigenvalue weighted by molar-refractivity contribution is 7.90. The number of hydrogen-bond donors (Lipinski definition) is 3. The van der Waals surface area contributed by atoms with Crippen molar-refractivity contribution in [3.05, 3.63) is 94.3 Å². The predicted octanol–water partition coefficient (Wildman–Crippen LogP) is 7.47. The molecule has 0 bridgehead atoms. The maximum atomic E-state index is 15.4. The molecule has 3 aromatic rings. The van der Waals surface area contributed by atoms with Crippen molar-refractivity contribution in [2.45, 2.75) is 75.6 Å². The summed E-state index contributed by atoms with van der Waals surface area (Å²) in [5, 5.41) is 15.8. The molecular weight excluding hydrogens is 625 g/mol. The molecule has 3 amide bonds. The zero-order chi connectivity index (χ0) is 33.1. The summed E-state index contributed by atoms with van der Waals surface area (Å²) >= 11 is 4.42. The standard InChI is InChI=1S/C35H39ClFN5O3S/c1-34(2,3)46(45)41-35(18-17-23-9-10-23,25-7-4-6-24(20-25)22-38)26-11-16-29(37)30(21-26)40-32(43)31-8-5-19-42(31)33(44)39-28-14-12-27(36)13-15-28/h4,6-7,11-16,20-21,23,31,41H,5,8-10,17-19H2,1-3H3,(H,39,44)(H,40,43)/t31-,35?,46?/m0/s1. The first kappa shape index (κ1) is 33.7. The van der Waals surface area contributed by atoms with Crippen LogP contribution in [0.15, 0.2) is 66.7 Å². The Kier molecular flexibility index (Phi) is 10.3. The Morgan fingerprint density at radius 3 is 2.43 bits per heavy atom. The molecule has 1 aliphatic carbocycles. The number of nitrogens with one attached hydrogen (secondary N) is 3. The van der Waals surface area contributed by atoms with Crippen molar-refractivity contribution in [2.24, 2.45) is 5.92 Å². The molecule has 1 aliphatic heterocycles. The van der Waals surface area contributed by atoms with Crippen molar-refractivity contribution >= 4 is 46.3 Å². The molecule has 1 heterocycles. The minimum absolute atomic E-state index is 0.0389. The van der Waals surface area contributed by atoms with Crippen molar-refractivity contribution in [1.29, 1.82) is 5.26 Å². The minimum Gasteiger partial charge on any atom is -0.598 e. The van der Waals surface area contributed by atoms with Gasteiger partial charge in [0.15, 0.2) is 0 Å². The highest BCUT2D eigenvalue weighted by atomic mass is 35.5. The second-order valence-electron chi connectivity index (χ2n) is 13.0. The monoisotopic (exact) mass is 663 g/mol. The van der Waals surface area contributed by atoms with Crippen molar-refractivity contribution in [3.8, 4) is 6.07 Å². The van der Waals surface area contributed by atoms with Crippen LogP contribution in [-0.2, 0) is 21.7 Å². The van der Waals surface area contributed by atoms with E-state index in [9.17, 15) is 19.4 Å². The normalized spacial score (nSPS) is 18.4. The van der Waals surface area contributed by atoms with Crippen LogP contribution in [0.4, 0.5) is 20.6 Å². The minimum atomic E-state index is -1.54. The first-order valence-corrected chi connectivity index (χ1v) is 17.1. The lowest BCUT2D eigenvalue weighted by Crippen LogP contribution is -2.52. The molecule has 0 aromatic heterocycles. The first-order valence-electron chi connectivity index (χ1n) is 15.5. The van der Waals surface area contributed by atoms with Crippen LogP contribution in [0.25, 0.3) is 0 Å². The van der Waals surface area contributed by atoms with Crippen LogP contribution in [0.5, 0.6) is 0 Å². The van der Waals surface area contributed by atoms with Gasteiger partial charge in [-0.05, 0) is 112 Å². The Morgan fingerprint density at radius 1 is 1.04 bits per heavy atom. The van der Waals surface area contributed by atoms with Gasteiger partial charge in [0.25, 0.3) is 0 Å². The third-order valence-corrected chi connectivity index (χ3v) is 10.5. The third kappa shape index (κ3) is 7.84. The van der Waals surface area contributed by atoms with Crippen LogP contribution in [-0.4, -0.2) is 38.7 Å². The molecule has 8 nitrogen and oxygen atoms in total. The largest absolute Gasteiger partial charge is 0.598 e. The molecule has 0 radical (unpaired) electrons. The molecule has 2 aliphatic rings. The van der Waals surface area contributed by atoms with Crippen LogP contribution in [0.1, 0.15) is 76.0 Å². The van der Waals surface area contributed by atoms with Gasteiger partial charge in [-0.25, -0.2) is 9.18 Å². The lowest BCUT2D eigenvalue weighted by molar-refractivity contribution is -0.119. The van der Waals surface area contributed by atoms with E-state index in [1.165, 1.54) is 11.0 Å². The summed E-state index contributed by atoms with van der Waals surface area (Å²) in [6, 6.07) is 19.3. The SMILES string of the molecule is CC(C)(C)[S+]([O-])NC(CCC1CC1)(c1cccc(C#N)c1)c1ccc(F)c(NC(=O)[C@@H]2CCCN2C(=O)Nc2ccc(Cl)cc2)c1. The van der Waals surface area contributed by atoms with Gasteiger partial charge >= 0.3 is 6.03 Å². The fourth-order valence-electron chi connectivity index (χ4n) is 5.73. The van der Waals surface area contributed by atoms with Crippen molar-refractivity contribution in [1.82, 2.24) is 9.62 Å². The molecular formula is C35H39ClFN5O3S. The number of rotatable bonds is 10. The molecule has 0 spiro atoms. The molecule has 1 saturated carbocycles. The maximum absolute atomic E-state index is 15.4. The van der Waals surface area contributed by atoms with E-state index in [0.717, 1.165) is 24.8 Å². The van der Waals surface area contributed by atoms with Crippen LogP contribution < -0.4 is 15.4 Å². The fourth-order valence-corrected chi connectivity index (χ4v) is 6.82. The zero-order valence-corrected chi connectivity index (χ0v) is 27.8. The number of carbonyl (C=O) groups excluding carboxylic acids is 2. The van der Waals surface area contributed by atoms with E-state index in [4.69, 9.17) is 11.6 Å². The summed E-state index contributed by atoms with van der Waals surface area (Å²) in [5.74, 6) is -0.595. The lowest BCUT2D eigenvalue weighted by atomic mass is 9.79. The van der Waals surface area contributed by atoms with Gasteiger partial charge in [0.05, 0.1) is 17.3 Å². The average Bonchev–Trinajstić information content (AvgIpc) is 3.73. The maximum Gasteiger partial charge on any atom is 0.322 e. The number of hydrogen-bond acceptors (Lipinski definition) is 5. The molecule has 11 heteroatoms. The van der Waals surface area contributed by atoms with Crippen molar-refractivity contribution in [3.63, 3.8) is 0 Å². The number of likely N-dealkylation sites (tertiary alicyclic amines) is 1. The number of nitrogens with zero attached hydrogens (tertiary/aromatic N) is 2. The van der Waals surface area contributed by atoms with E-state index in [1.807, 2.05) is 26.8 Å². The molecule has 2 fully saturated rings. The summed E-state index contributed by atoms with van der Waals surface area (Å²) in [7, 11) is 0. The summed E-state index contributed by atoms with van der Waals surface area (Å²) in [5.41, 5.74) is 1.25. The van der Waals surface area contributed by atoms with E-state index in [2.05, 4.69) is 21.4 Å². The second-order valence-corrected chi connectivity index (χ2v) is 15.4. The van der Waals surface area contributed by atoms with E-state index in [-0.39, 0.29) is 5.69 Å². The Hall–Kier alpha value is -3.62. The van der Waals surface area contributed by atoms with Gasteiger partial charge in [-0.3, -0.25) is 4.79 Å². The number of urea groups is 1. The molecule has 1 saturated heterocycles. The quantitative estimate of drug-likeness (QED) is 0.194. The van der Waals surface area contributed by atoms with E-state index in [0.29, 0.717) is 53.6 Å². The Labute approximate surface area is 278 Å². The summed E-state index contributed by atoms with van der Waals surface area (Å²) in [4.78, 5) is 28.2. The predicted molar refractivity (Wildman–Crippen MR) is 180 cm³/mol. The molecule has 3 N–H and O–H groups in total. The number of halogens is 2. The average molecular weight is 664 g/mol. The van der Waals surface area contributed by atoms with E-state index >= 15 is 4.39 Å². The van der Waals surface area contributed by atoms with Gasteiger partial charge in [-0.1, -0.05) is 42.6 Å². The first-order chi connectivity index (χ1) is 21.9. The number of benzene rings is 3. The van der Waals surface area contributed by atoms with Crippen LogP contribution in [0, 0.1) is 23.1 Å². The van der Waals surface area contributed by atoms with Gasteiger partial charge in [-0.2, -0.15) is 5.26 Å². The van der Waals surface area contributed by atoms with Crippen LogP contribution >= 0.6 is 11.6 Å². The number of anilines is 2. The molecule has 3 aromatic carbocycles. The highest BCUT2D eigenvalue weighted by Gasteiger charge is 2.44. The summed E-state index contributed by atoms with van der Waals surface area (Å²) < 4.78 is 32.0. The van der Waals surface area contributed by atoms with E-state index in [1.54, 1.807) is 54.6 Å². The third-order valence-electron chi connectivity index (χ3n) is 8.56. The zero-order valence-electron chi connectivity index (χ0n) is 26.2. The Morgan fingerprint density at radius 2 is 1.76 bits per heavy atom. The fraction of sp³-hybridized carbons (Fsp3) is 0.400. The van der Waals surface area contributed by atoms with Gasteiger partial charge < -0.3 is 20.1 Å². The Bertz CT molecular complexity index is 1620. The number of nitriles is 1. The number of amides is 3. The smallest absolute Gasteiger partial charge is 0.322 e. The molecule has 2 unspecified atom stereocenters. The lowest BCUT2D eigenvalue weighted by Gasteiger charge is -2.39. The van der Waals surface area contributed by atoms with E-state index < -0.39 is 45.4 Å². The van der Waals surface area contributed by atoms with Crippen LogP contribution in [0.3, 0.4) is 0 Å². The summed E-state index contributed by atoms with van der Waals surface area (Å²) in [6.45, 7) is 6.00. The van der Waals surface area contributed by atoms with Gasteiger partial charge in [0.2, 0.25) is 5.91 Å².